The largest absolute Gasteiger partial charge is 0.495 e. The van der Waals surface area contributed by atoms with E-state index >= 15 is 0 Å². The van der Waals surface area contributed by atoms with Crippen LogP contribution in [0.25, 0.3) is 0 Å². The van der Waals surface area contributed by atoms with Gasteiger partial charge in [-0.1, -0.05) is 13.0 Å². The number of nitrogens with zero attached hydrogens (tertiary/aromatic N) is 1. The third-order valence-corrected chi connectivity index (χ3v) is 3.48. The van der Waals surface area contributed by atoms with Gasteiger partial charge in [0.15, 0.2) is 0 Å². The molecule has 1 atom stereocenters. The van der Waals surface area contributed by atoms with Crippen molar-refractivity contribution >= 4 is 5.69 Å². The van der Waals surface area contributed by atoms with E-state index in [9.17, 15) is 0 Å². The van der Waals surface area contributed by atoms with E-state index in [2.05, 4.69) is 42.3 Å². The lowest BCUT2D eigenvalue weighted by molar-refractivity contribution is 0.409. The van der Waals surface area contributed by atoms with Gasteiger partial charge in [-0.3, -0.25) is 0 Å². The predicted molar refractivity (Wildman–Crippen MR) is 76.6 cm³/mol. The Morgan fingerprint density at radius 2 is 2.22 bits per heavy atom. The lowest BCUT2D eigenvalue weighted by Gasteiger charge is -2.31. The first-order valence-electron chi connectivity index (χ1n) is 6.81. The first-order valence-corrected chi connectivity index (χ1v) is 6.81. The molecule has 0 aromatic heterocycles. The molecule has 1 aromatic rings. The maximum absolute atomic E-state index is 5.50. The molecule has 2 rings (SSSR count). The van der Waals surface area contributed by atoms with Gasteiger partial charge in [0.2, 0.25) is 0 Å². The third-order valence-electron chi connectivity index (χ3n) is 3.48. The maximum atomic E-state index is 5.50. The number of benzene rings is 1. The lowest BCUT2D eigenvalue weighted by Crippen LogP contribution is -2.39. The minimum atomic E-state index is 0.663. The fourth-order valence-electron chi connectivity index (χ4n) is 2.54. The van der Waals surface area contributed by atoms with Crippen LogP contribution < -0.4 is 15.0 Å². The topological polar surface area (TPSA) is 24.5 Å². The Morgan fingerprint density at radius 1 is 1.39 bits per heavy atom. The molecule has 0 radical (unpaired) electrons. The van der Waals surface area contributed by atoms with Gasteiger partial charge in [-0.25, -0.2) is 0 Å². The van der Waals surface area contributed by atoms with Crippen molar-refractivity contribution in [2.75, 3.05) is 38.2 Å². The number of anilines is 1. The molecular formula is C15H24N2O. The standard InChI is InChI=1S/C15H24N2O/c1-12-5-6-15(18-3)14(9-12)17-8-4-7-16-10-13(2)11-17/h5-6,9,13,16H,4,7-8,10-11H2,1-3H3. The molecule has 1 aliphatic heterocycles. The third kappa shape index (κ3) is 3.16. The molecule has 3 heteroatoms. The summed E-state index contributed by atoms with van der Waals surface area (Å²) in [5.74, 6) is 1.65. The van der Waals surface area contributed by atoms with Crippen LogP contribution in [0.15, 0.2) is 18.2 Å². The second kappa shape index (κ2) is 6.10. The Morgan fingerprint density at radius 3 is 3.00 bits per heavy atom. The monoisotopic (exact) mass is 248 g/mol. The SMILES string of the molecule is COc1ccc(C)cc1N1CCCNCC(C)C1. The van der Waals surface area contributed by atoms with Crippen molar-refractivity contribution in [3.63, 3.8) is 0 Å². The summed E-state index contributed by atoms with van der Waals surface area (Å²) < 4.78 is 5.50. The van der Waals surface area contributed by atoms with E-state index < -0.39 is 0 Å². The van der Waals surface area contributed by atoms with Crippen molar-refractivity contribution in [1.82, 2.24) is 5.32 Å². The zero-order valence-corrected chi connectivity index (χ0v) is 11.7. The van der Waals surface area contributed by atoms with E-state index in [1.165, 1.54) is 17.7 Å². The van der Waals surface area contributed by atoms with Crippen LogP contribution in [0.2, 0.25) is 0 Å². The van der Waals surface area contributed by atoms with Crippen molar-refractivity contribution in [2.45, 2.75) is 20.3 Å². The molecule has 1 aliphatic rings. The summed E-state index contributed by atoms with van der Waals surface area (Å²) in [5, 5.41) is 3.49. The zero-order valence-electron chi connectivity index (χ0n) is 11.7. The van der Waals surface area contributed by atoms with E-state index in [1.54, 1.807) is 7.11 Å². The number of hydrogen-bond donors (Lipinski definition) is 1. The minimum Gasteiger partial charge on any atom is -0.495 e. The molecular weight excluding hydrogens is 224 g/mol. The normalized spacial score (nSPS) is 21.3. The van der Waals surface area contributed by atoms with Crippen molar-refractivity contribution in [2.24, 2.45) is 5.92 Å². The van der Waals surface area contributed by atoms with Crippen LogP contribution >= 0.6 is 0 Å². The van der Waals surface area contributed by atoms with Gasteiger partial charge in [-0.05, 0) is 50.0 Å². The second-order valence-electron chi connectivity index (χ2n) is 5.28. The lowest BCUT2D eigenvalue weighted by atomic mass is 10.1. The molecule has 0 bridgehead atoms. The van der Waals surface area contributed by atoms with Gasteiger partial charge in [0.25, 0.3) is 0 Å². The van der Waals surface area contributed by atoms with Crippen molar-refractivity contribution < 1.29 is 4.74 Å². The van der Waals surface area contributed by atoms with Crippen LogP contribution in [0.5, 0.6) is 5.75 Å². The minimum absolute atomic E-state index is 0.663. The van der Waals surface area contributed by atoms with Crippen LogP contribution in [0.1, 0.15) is 18.9 Å². The summed E-state index contributed by atoms with van der Waals surface area (Å²) in [5.41, 5.74) is 2.53. The molecule has 0 amide bonds. The molecule has 1 N–H and O–H groups in total. The van der Waals surface area contributed by atoms with Crippen molar-refractivity contribution in [3.8, 4) is 5.75 Å². The first-order chi connectivity index (χ1) is 8.70. The van der Waals surface area contributed by atoms with Gasteiger partial charge in [0.1, 0.15) is 5.75 Å². The van der Waals surface area contributed by atoms with Gasteiger partial charge in [0.05, 0.1) is 12.8 Å². The van der Waals surface area contributed by atoms with Gasteiger partial charge in [-0.15, -0.1) is 0 Å². The molecule has 0 spiro atoms. The fraction of sp³-hybridized carbons (Fsp3) is 0.600. The van der Waals surface area contributed by atoms with Gasteiger partial charge in [0, 0.05) is 13.1 Å². The highest BCUT2D eigenvalue weighted by atomic mass is 16.5. The van der Waals surface area contributed by atoms with E-state index in [-0.39, 0.29) is 0 Å². The molecule has 1 fully saturated rings. The average molecular weight is 248 g/mol. The molecule has 1 saturated heterocycles. The van der Waals surface area contributed by atoms with Crippen LogP contribution in [0.3, 0.4) is 0 Å². The molecule has 1 unspecified atom stereocenters. The molecule has 3 nitrogen and oxygen atoms in total. The highest BCUT2D eigenvalue weighted by Crippen LogP contribution is 2.30. The van der Waals surface area contributed by atoms with E-state index in [0.29, 0.717) is 5.92 Å². The van der Waals surface area contributed by atoms with Gasteiger partial charge < -0.3 is 15.0 Å². The molecule has 1 heterocycles. The molecule has 1 aromatic carbocycles. The summed E-state index contributed by atoms with van der Waals surface area (Å²) in [6.45, 7) is 8.83. The van der Waals surface area contributed by atoms with Crippen molar-refractivity contribution in [1.29, 1.82) is 0 Å². The van der Waals surface area contributed by atoms with Crippen molar-refractivity contribution in [3.05, 3.63) is 23.8 Å². The summed E-state index contributed by atoms with van der Waals surface area (Å²) in [4.78, 5) is 2.47. The molecule has 100 valence electrons. The predicted octanol–water partition coefficient (Wildman–Crippen LogP) is 2.44. The fourth-order valence-corrected chi connectivity index (χ4v) is 2.54. The smallest absolute Gasteiger partial charge is 0.142 e. The Labute approximate surface area is 110 Å². The van der Waals surface area contributed by atoms with Crippen LogP contribution in [-0.2, 0) is 0 Å². The summed E-state index contributed by atoms with van der Waals surface area (Å²) in [6.07, 6.45) is 1.18. The zero-order chi connectivity index (χ0) is 13.0. The molecule has 0 aliphatic carbocycles. The van der Waals surface area contributed by atoms with Gasteiger partial charge in [-0.2, -0.15) is 0 Å². The summed E-state index contributed by atoms with van der Waals surface area (Å²) >= 11 is 0. The Balaban J connectivity index is 2.24. The summed E-state index contributed by atoms with van der Waals surface area (Å²) in [6, 6.07) is 6.42. The maximum Gasteiger partial charge on any atom is 0.142 e. The Bertz CT molecular complexity index is 392. The number of aryl methyl sites for hydroxylation is 1. The first kappa shape index (κ1) is 13.2. The van der Waals surface area contributed by atoms with E-state index in [0.717, 1.165) is 31.9 Å². The number of methoxy groups -OCH3 is 1. The highest BCUT2D eigenvalue weighted by molar-refractivity contribution is 5.60. The second-order valence-corrected chi connectivity index (χ2v) is 5.28. The summed E-state index contributed by atoms with van der Waals surface area (Å²) in [7, 11) is 1.75. The number of rotatable bonds is 2. The Hall–Kier alpha value is -1.22. The van der Waals surface area contributed by atoms with E-state index in [4.69, 9.17) is 4.74 Å². The Kier molecular flexibility index (Phi) is 4.48. The number of hydrogen-bond acceptors (Lipinski definition) is 3. The molecule has 18 heavy (non-hydrogen) atoms. The number of nitrogens with one attached hydrogen (secondary N) is 1. The average Bonchev–Trinajstić information content (AvgIpc) is 2.33. The quantitative estimate of drug-likeness (QED) is 0.870. The van der Waals surface area contributed by atoms with Crippen LogP contribution in [0.4, 0.5) is 5.69 Å². The highest BCUT2D eigenvalue weighted by Gasteiger charge is 2.16. The van der Waals surface area contributed by atoms with Crippen LogP contribution in [-0.4, -0.2) is 33.3 Å². The van der Waals surface area contributed by atoms with Gasteiger partial charge >= 0.3 is 0 Å². The molecule has 0 saturated carbocycles. The van der Waals surface area contributed by atoms with E-state index in [1.807, 2.05) is 0 Å². The number of ether oxygens (including phenoxy) is 1. The van der Waals surface area contributed by atoms with Crippen LogP contribution in [0, 0.1) is 12.8 Å².